The Morgan fingerprint density at radius 2 is 2.06 bits per heavy atom. The van der Waals surface area contributed by atoms with Gasteiger partial charge in [0.2, 0.25) is 5.56 Å². The Morgan fingerprint density at radius 3 is 2.82 bits per heavy atom. The molecule has 1 aromatic carbocycles. The molecule has 0 amide bonds. The predicted octanol–water partition coefficient (Wildman–Crippen LogP) is 1.68. The van der Waals surface area contributed by atoms with Crippen molar-refractivity contribution in [1.82, 2.24) is 4.98 Å². The quantitative estimate of drug-likeness (QED) is 0.816. The molecule has 0 unspecified atom stereocenters. The van der Waals surface area contributed by atoms with Crippen LogP contribution in [-0.4, -0.2) is 18.1 Å². The number of nitrogens with two attached hydrogens (primary N) is 1. The Hall–Kier alpha value is -1.52. The molecular formula is C12H15ClN2O2. The van der Waals surface area contributed by atoms with Crippen molar-refractivity contribution in [2.45, 2.75) is 6.42 Å². The number of aromatic amines is 1. The maximum atomic E-state index is 11.1. The molecule has 17 heavy (non-hydrogen) atoms. The third-order valence-electron chi connectivity index (χ3n) is 2.31. The third-order valence-corrected chi connectivity index (χ3v) is 2.31. The summed E-state index contributed by atoms with van der Waals surface area (Å²) < 4.78 is 5.51. The summed E-state index contributed by atoms with van der Waals surface area (Å²) in [6, 6.07) is 8.88. The van der Waals surface area contributed by atoms with Crippen molar-refractivity contribution in [2.24, 2.45) is 5.73 Å². The largest absolute Gasteiger partial charge is 0.494 e. The number of benzene rings is 1. The van der Waals surface area contributed by atoms with Gasteiger partial charge in [0, 0.05) is 17.0 Å². The summed E-state index contributed by atoms with van der Waals surface area (Å²) in [6.45, 7) is 1.24. The van der Waals surface area contributed by atoms with Gasteiger partial charge in [-0.25, -0.2) is 0 Å². The second-order valence-corrected chi connectivity index (χ2v) is 3.56. The minimum atomic E-state index is -0.0932. The van der Waals surface area contributed by atoms with Crippen molar-refractivity contribution in [3.8, 4) is 5.75 Å². The van der Waals surface area contributed by atoms with Crippen molar-refractivity contribution >= 4 is 23.3 Å². The summed E-state index contributed by atoms with van der Waals surface area (Å²) in [4.78, 5) is 13.8. The molecule has 92 valence electrons. The summed E-state index contributed by atoms with van der Waals surface area (Å²) in [5.41, 5.74) is 6.11. The zero-order valence-electron chi connectivity index (χ0n) is 9.31. The number of hydrogen-bond acceptors (Lipinski definition) is 3. The van der Waals surface area contributed by atoms with Crippen LogP contribution < -0.4 is 16.0 Å². The number of H-pyrrole nitrogens is 1. The van der Waals surface area contributed by atoms with Gasteiger partial charge in [0.15, 0.2) is 0 Å². The molecule has 0 atom stereocenters. The maximum Gasteiger partial charge on any atom is 0.248 e. The second-order valence-electron chi connectivity index (χ2n) is 3.56. The number of nitrogens with one attached hydrogen (secondary N) is 1. The number of ether oxygens (including phenoxy) is 1. The summed E-state index contributed by atoms with van der Waals surface area (Å²) in [5, 5.41) is 0.963. The van der Waals surface area contributed by atoms with E-state index in [0.29, 0.717) is 13.2 Å². The monoisotopic (exact) mass is 254 g/mol. The van der Waals surface area contributed by atoms with E-state index in [1.54, 1.807) is 6.07 Å². The summed E-state index contributed by atoms with van der Waals surface area (Å²) in [6.07, 6.45) is 0.837. The normalized spacial score (nSPS) is 9.94. The molecule has 1 aromatic heterocycles. The van der Waals surface area contributed by atoms with Gasteiger partial charge in [-0.2, -0.15) is 0 Å². The van der Waals surface area contributed by atoms with E-state index >= 15 is 0 Å². The zero-order valence-corrected chi connectivity index (χ0v) is 10.1. The van der Waals surface area contributed by atoms with Crippen LogP contribution in [0.4, 0.5) is 0 Å². The highest BCUT2D eigenvalue weighted by Gasteiger charge is 1.97. The molecule has 0 saturated carbocycles. The lowest BCUT2D eigenvalue weighted by molar-refractivity contribution is 0.314. The van der Waals surface area contributed by atoms with E-state index in [-0.39, 0.29) is 18.0 Å². The molecule has 4 nitrogen and oxygen atoms in total. The zero-order chi connectivity index (χ0) is 11.4. The van der Waals surface area contributed by atoms with E-state index in [4.69, 9.17) is 10.5 Å². The highest BCUT2D eigenvalue weighted by molar-refractivity contribution is 5.85. The Kier molecular flexibility index (Phi) is 5.00. The first-order chi connectivity index (χ1) is 7.79. The Labute approximate surface area is 105 Å². The van der Waals surface area contributed by atoms with Crippen LogP contribution >= 0.6 is 12.4 Å². The Morgan fingerprint density at radius 1 is 1.24 bits per heavy atom. The van der Waals surface area contributed by atoms with E-state index in [9.17, 15) is 4.79 Å². The lowest BCUT2D eigenvalue weighted by Gasteiger charge is -2.06. The fraction of sp³-hybridized carbons (Fsp3) is 0.250. The molecule has 3 N–H and O–H groups in total. The average molecular weight is 255 g/mol. The molecule has 0 saturated heterocycles. The van der Waals surface area contributed by atoms with Crippen LogP contribution in [0, 0.1) is 0 Å². The van der Waals surface area contributed by atoms with Gasteiger partial charge in [-0.05, 0) is 37.2 Å². The molecule has 0 aliphatic carbocycles. The van der Waals surface area contributed by atoms with E-state index in [2.05, 4.69) is 4.98 Å². The van der Waals surface area contributed by atoms with E-state index in [1.165, 1.54) is 6.07 Å². The van der Waals surface area contributed by atoms with Crippen molar-refractivity contribution in [1.29, 1.82) is 0 Å². The van der Waals surface area contributed by atoms with E-state index in [1.807, 2.05) is 18.2 Å². The fourth-order valence-electron chi connectivity index (χ4n) is 1.50. The highest BCUT2D eigenvalue weighted by Crippen LogP contribution is 2.18. The molecule has 1 heterocycles. The van der Waals surface area contributed by atoms with Crippen molar-refractivity contribution in [3.63, 3.8) is 0 Å². The standard InChI is InChI=1S/C12H14N2O2.ClH/c13-6-1-7-16-10-3-4-11-9(8-10)2-5-12(15)14-11;/h2-5,8H,1,6-7,13H2,(H,14,15);1H. The van der Waals surface area contributed by atoms with Crippen molar-refractivity contribution < 1.29 is 4.74 Å². The van der Waals surface area contributed by atoms with Crippen molar-refractivity contribution in [2.75, 3.05) is 13.2 Å². The number of halogens is 1. The smallest absolute Gasteiger partial charge is 0.248 e. The molecule has 0 aliphatic rings. The predicted molar refractivity (Wildman–Crippen MR) is 71.0 cm³/mol. The van der Waals surface area contributed by atoms with Gasteiger partial charge in [0.05, 0.1) is 6.61 Å². The van der Waals surface area contributed by atoms with Gasteiger partial charge >= 0.3 is 0 Å². The third kappa shape index (κ3) is 3.47. The number of hydrogen-bond donors (Lipinski definition) is 2. The van der Waals surface area contributed by atoms with E-state index < -0.39 is 0 Å². The average Bonchev–Trinajstić information content (AvgIpc) is 2.29. The first-order valence-corrected chi connectivity index (χ1v) is 5.25. The molecule has 0 aliphatic heterocycles. The van der Waals surface area contributed by atoms with Gasteiger partial charge < -0.3 is 15.5 Å². The molecular weight excluding hydrogens is 240 g/mol. The Bertz CT molecular complexity index is 539. The SMILES string of the molecule is Cl.NCCCOc1ccc2[nH]c(=O)ccc2c1. The topological polar surface area (TPSA) is 68.1 Å². The molecule has 5 heteroatoms. The highest BCUT2D eigenvalue weighted by atomic mass is 35.5. The van der Waals surface area contributed by atoms with Crippen LogP contribution in [0.2, 0.25) is 0 Å². The number of pyridine rings is 1. The lowest BCUT2D eigenvalue weighted by atomic mass is 10.2. The molecule has 0 spiro atoms. The number of fused-ring (bicyclic) bond motifs is 1. The van der Waals surface area contributed by atoms with Crippen LogP contribution in [0.1, 0.15) is 6.42 Å². The number of rotatable bonds is 4. The minimum Gasteiger partial charge on any atom is -0.494 e. The second kappa shape index (κ2) is 6.27. The lowest BCUT2D eigenvalue weighted by Crippen LogP contribution is -2.06. The van der Waals surface area contributed by atoms with Crippen molar-refractivity contribution in [3.05, 3.63) is 40.7 Å². The maximum absolute atomic E-state index is 11.1. The van der Waals surface area contributed by atoms with Crippen LogP contribution in [0.5, 0.6) is 5.75 Å². The summed E-state index contributed by atoms with van der Waals surface area (Å²) in [7, 11) is 0. The first kappa shape index (κ1) is 13.5. The van der Waals surface area contributed by atoms with Gasteiger partial charge in [0.1, 0.15) is 5.75 Å². The van der Waals surface area contributed by atoms with Gasteiger partial charge in [-0.1, -0.05) is 0 Å². The minimum absolute atomic E-state index is 0. The van der Waals surface area contributed by atoms with E-state index in [0.717, 1.165) is 23.1 Å². The molecule has 2 aromatic rings. The Balaban J connectivity index is 0.00000144. The van der Waals surface area contributed by atoms with Crippen LogP contribution in [0.15, 0.2) is 35.1 Å². The molecule has 0 fully saturated rings. The van der Waals surface area contributed by atoms with Crippen LogP contribution in [0.3, 0.4) is 0 Å². The first-order valence-electron chi connectivity index (χ1n) is 5.25. The van der Waals surface area contributed by atoms with Gasteiger partial charge in [0.25, 0.3) is 0 Å². The van der Waals surface area contributed by atoms with Crippen LogP contribution in [0.25, 0.3) is 10.9 Å². The summed E-state index contributed by atoms with van der Waals surface area (Å²) in [5.74, 6) is 0.799. The molecule has 0 bridgehead atoms. The number of aromatic nitrogens is 1. The van der Waals surface area contributed by atoms with Gasteiger partial charge in [-0.3, -0.25) is 4.79 Å². The molecule has 0 radical (unpaired) electrons. The van der Waals surface area contributed by atoms with Gasteiger partial charge in [-0.15, -0.1) is 12.4 Å². The fourth-order valence-corrected chi connectivity index (χ4v) is 1.50. The summed E-state index contributed by atoms with van der Waals surface area (Å²) >= 11 is 0. The molecule has 2 rings (SSSR count). The van der Waals surface area contributed by atoms with Crippen LogP contribution in [-0.2, 0) is 0 Å².